The van der Waals surface area contributed by atoms with Crippen LogP contribution in [0.5, 0.6) is 0 Å². The van der Waals surface area contributed by atoms with E-state index in [-0.39, 0.29) is 17.9 Å². The summed E-state index contributed by atoms with van der Waals surface area (Å²) in [6, 6.07) is 9.42. The van der Waals surface area contributed by atoms with Crippen LogP contribution in [0.1, 0.15) is 31.4 Å². The summed E-state index contributed by atoms with van der Waals surface area (Å²) >= 11 is 5.88. The quantitative estimate of drug-likeness (QED) is 0.802. The topological polar surface area (TPSA) is 53.3 Å². The molecule has 0 spiro atoms. The number of ether oxygens (including phenoxy) is 1. The summed E-state index contributed by atoms with van der Waals surface area (Å²) in [4.78, 5) is 13.8. The van der Waals surface area contributed by atoms with Crippen LogP contribution in [-0.4, -0.2) is 30.6 Å². The van der Waals surface area contributed by atoms with Gasteiger partial charge in [-0.3, -0.25) is 9.69 Å². The number of esters is 1. The molecule has 1 aliphatic rings. The third-order valence-electron chi connectivity index (χ3n) is 3.82. The number of hydrogen-bond acceptors (Lipinski definition) is 4. The molecule has 0 N–H and O–H groups in total. The molecule has 0 aliphatic carbocycles. The minimum Gasteiger partial charge on any atom is -0.466 e. The Kier molecular flexibility index (Phi) is 5.60. The average Bonchev–Trinajstić information content (AvgIpc) is 2.51. The lowest BCUT2D eigenvalue weighted by atomic mass is 9.94. The van der Waals surface area contributed by atoms with Crippen LogP contribution >= 0.6 is 11.6 Å². The smallest absolute Gasteiger partial charge is 0.309 e. The maximum absolute atomic E-state index is 11.7. The Bertz CT molecular complexity index is 516. The molecule has 0 amide bonds. The van der Waals surface area contributed by atoms with Crippen LogP contribution in [-0.2, 0) is 9.53 Å². The van der Waals surface area contributed by atoms with E-state index in [1.807, 2.05) is 19.1 Å². The van der Waals surface area contributed by atoms with Gasteiger partial charge < -0.3 is 4.74 Å². The Morgan fingerprint density at radius 1 is 1.43 bits per heavy atom. The van der Waals surface area contributed by atoms with Crippen LogP contribution in [0.4, 0.5) is 0 Å². The largest absolute Gasteiger partial charge is 0.466 e. The second-order valence-electron chi connectivity index (χ2n) is 5.15. The van der Waals surface area contributed by atoms with Crippen molar-refractivity contribution in [3.8, 4) is 6.07 Å². The van der Waals surface area contributed by atoms with Crippen LogP contribution in [0.3, 0.4) is 0 Å². The van der Waals surface area contributed by atoms with E-state index < -0.39 is 0 Å². The van der Waals surface area contributed by atoms with Gasteiger partial charge in [0.05, 0.1) is 18.6 Å². The summed E-state index contributed by atoms with van der Waals surface area (Å²) in [6.07, 6.45) is 1.48. The summed E-state index contributed by atoms with van der Waals surface area (Å²) in [6.45, 7) is 3.69. The van der Waals surface area contributed by atoms with Crippen molar-refractivity contribution in [3.05, 3.63) is 34.9 Å². The number of hydrogen-bond donors (Lipinski definition) is 0. The zero-order valence-corrected chi connectivity index (χ0v) is 12.8. The number of halogens is 1. The Labute approximate surface area is 130 Å². The first-order valence-corrected chi connectivity index (χ1v) is 7.59. The third-order valence-corrected chi connectivity index (χ3v) is 4.07. The number of piperidine rings is 1. The number of benzene rings is 1. The van der Waals surface area contributed by atoms with Gasteiger partial charge in [0.2, 0.25) is 0 Å². The number of nitriles is 1. The van der Waals surface area contributed by atoms with E-state index in [1.54, 1.807) is 12.1 Å². The Morgan fingerprint density at radius 3 is 2.57 bits per heavy atom. The molecule has 0 unspecified atom stereocenters. The fourth-order valence-electron chi connectivity index (χ4n) is 2.67. The van der Waals surface area contributed by atoms with Crippen molar-refractivity contribution in [3.63, 3.8) is 0 Å². The first kappa shape index (κ1) is 15.8. The lowest BCUT2D eigenvalue weighted by Gasteiger charge is -2.33. The summed E-state index contributed by atoms with van der Waals surface area (Å²) in [5, 5.41) is 10.1. The number of nitrogens with zero attached hydrogens (tertiary/aromatic N) is 2. The van der Waals surface area contributed by atoms with Crippen LogP contribution in [0, 0.1) is 17.2 Å². The zero-order valence-electron chi connectivity index (χ0n) is 12.1. The lowest BCUT2D eigenvalue weighted by molar-refractivity contribution is -0.149. The Hall–Kier alpha value is -1.57. The molecular formula is C16H19ClN2O2. The van der Waals surface area contributed by atoms with Crippen molar-refractivity contribution in [2.75, 3.05) is 19.7 Å². The van der Waals surface area contributed by atoms with Crippen molar-refractivity contribution in [2.24, 2.45) is 5.92 Å². The van der Waals surface area contributed by atoms with E-state index in [4.69, 9.17) is 16.3 Å². The molecule has 1 heterocycles. The van der Waals surface area contributed by atoms with Gasteiger partial charge in [0.25, 0.3) is 0 Å². The molecule has 1 saturated heterocycles. The maximum atomic E-state index is 11.7. The summed E-state index contributed by atoms with van der Waals surface area (Å²) in [5.41, 5.74) is 0.941. The van der Waals surface area contributed by atoms with E-state index in [1.165, 1.54) is 0 Å². The number of rotatable bonds is 4. The molecule has 112 valence electrons. The minimum atomic E-state index is -0.287. The van der Waals surface area contributed by atoms with Gasteiger partial charge in [-0.05, 0) is 37.5 Å². The van der Waals surface area contributed by atoms with Gasteiger partial charge in [-0.1, -0.05) is 23.7 Å². The van der Waals surface area contributed by atoms with Crippen LogP contribution < -0.4 is 0 Å². The maximum Gasteiger partial charge on any atom is 0.309 e. The molecule has 1 fully saturated rings. The number of carbonyl (C=O) groups excluding carboxylic acids is 1. The first-order chi connectivity index (χ1) is 10.2. The van der Waals surface area contributed by atoms with Crippen molar-refractivity contribution < 1.29 is 9.53 Å². The van der Waals surface area contributed by atoms with Gasteiger partial charge >= 0.3 is 5.97 Å². The summed E-state index contributed by atoms with van der Waals surface area (Å²) in [5.74, 6) is -0.150. The van der Waals surface area contributed by atoms with Gasteiger partial charge in [-0.2, -0.15) is 5.26 Å². The van der Waals surface area contributed by atoms with E-state index in [0.717, 1.165) is 31.5 Å². The second kappa shape index (κ2) is 7.44. The van der Waals surface area contributed by atoms with Gasteiger partial charge in [0.1, 0.15) is 6.04 Å². The van der Waals surface area contributed by atoms with Gasteiger partial charge in [-0.25, -0.2) is 0 Å². The van der Waals surface area contributed by atoms with Crippen LogP contribution in [0.25, 0.3) is 0 Å². The predicted molar refractivity (Wildman–Crippen MR) is 80.7 cm³/mol. The molecule has 21 heavy (non-hydrogen) atoms. The normalized spacial score (nSPS) is 18.0. The van der Waals surface area contributed by atoms with Gasteiger partial charge in [0.15, 0.2) is 0 Å². The number of likely N-dealkylation sites (tertiary alicyclic amines) is 1. The fraction of sp³-hybridized carbons (Fsp3) is 0.500. The van der Waals surface area contributed by atoms with Crippen LogP contribution in [0.2, 0.25) is 5.02 Å². The first-order valence-electron chi connectivity index (χ1n) is 7.21. The van der Waals surface area contributed by atoms with Gasteiger partial charge in [-0.15, -0.1) is 0 Å². The Balaban J connectivity index is 1.98. The minimum absolute atomic E-state index is 0.0363. The Morgan fingerprint density at radius 2 is 2.05 bits per heavy atom. The SMILES string of the molecule is CCOC(=O)C1CCN([C@H](C#N)c2ccc(Cl)cc2)CC1. The third kappa shape index (κ3) is 3.96. The van der Waals surface area contributed by atoms with Crippen molar-refractivity contribution >= 4 is 17.6 Å². The van der Waals surface area contributed by atoms with Crippen LogP contribution in [0.15, 0.2) is 24.3 Å². The molecule has 1 aromatic rings. The van der Waals surface area contributed by atoms with E-state index in [2.05, 4.69) is 11.0 Å². The second-order valence-corrected chi connectivity index (χ2v) is 5.58. The van der Waals surface area contributed by atoms with E-state index in [9.17, 15) is 10.1 Å². The summed E-state index contributed by atoms with van der Waals surface area (Å²) in [7, 11) is 0. The molecule has 0 radical (unpaired) electrons. The molecule has 1 aromatic carbocycles. The molecule has 2 rings (SSSR count). The lowest BCUT2D eigenvalue weighted by Crippen LogP contribution is -2.38. The standard InChI is InChI=1S/C16H19ClN2O2/c1-2-21-16(20)13-7-9-19(10-8-13)15(11-18)12-3-5-14(17)6-4-12/h3-6,13,15H,2,7-10H2,1H3/t15-/m1/s1. The fourth-order valence-corrected chi connectivity index (χ4v) is 2.79. The molecule has 5 heteroatoms. The van der Waals surface area contributed by atoms with E-state index in [0.29, 0.717) is 11.6 Å². The predicted octanol–water partition coefficient (Wildman–Crippen LogP) is 3.18. The highest BCUT2D eigenvalue weighted by molar-refractivity contribution is 6.30. The monoisotopic (exact) mass is 306 g/mol. The van der Waals surface area contributed by atoms with Crippen molar-refractivity contribution in [1.82, 2.24) is 4.90 Å². The molecule has 0 bridgehead atoms. The number of carbonyl (C=O) groups is 1. The summed E-state index contributed by atoms with van der Waals surface area (Å²) < 4.78 is 5.06. The zero-order chi connectivity index (χ0) is 15.2. The highest BCUT2D eigenvalue weighted by Gasteiger charge is 2.30. The molecule has 0 aromatic heterocycles. The molecule has 0 saturated carbocycles. The van der Waals surface area contributed by atoms with Crippen molar-refractivity contribution in [1.29, 1.82) is 5.26 Å². The van der Waals surface area contributed by atoms with Crippen molar-refractivity contribution in [2.45, 2.75) is 25.8 Å². The molecule has 1 aliphatic heterocycles. The highest BCUT2D eigenvalue weighted by atomic mass is 35.5. The average molecular weight is 307 g/mol. The molecule has 4 nitrogen and oxygen atoms in total. The molecule has 1 atom stereocenters. The van der Waals surface area contributed by atoms with Gasteiger partial charge in [0, 0.05) is 18.1 Å². The van der Waals surface area contributed by atoms with E-state index >= 15 is 0 Å². The molecular weight excluding hydrogens is 288 g/mol. The highest BCUT2D eigenvalue weighted by Crippen LogP contribution is 2.27.